The van der Waals surface area contributed by atoms with Gasteiger partial charge in [0.05, 0.1) is 25.3 Å². The maximum atomic E-state index is 10.4. The first-order chi connectivity index (χ1) is 10.5. The van der Waals surface area contributed by atoms with Crippen LogP contribution in [-0.4, -0.2) is 36.4 Å². The Morgan fingerprint density at radius 3 is 1.13 bits per heavy atom. The summed E-state index contributed by atoms with van der Waals surface area (Å²) in [4.78, 5) is 20.7. The molecule has 0 heterocycles. The molecule has 0 amide bonds. The Bertz CT molecular complexity index is 565. The number of hydrogen-bond acceptors (Lipinski definition) is 4. The number of hydrogen-bond donors (Lipinski definition) is 2. The van der Waals surface area contributed by atoms with Gasteiger partial charge < -0.3 is 19.7 Å². The van der Waals surface area contributed by atoms with E-state index < -0.39 is 11.9 Å². The van der Waals surface area contributed by atoms with Crippen molar-refractivity contribution in [1.29, 1.82) is 0 Å². The number of methoxy groups -OCH3 is 2. The monoisotopic (exact) mass is 367 g/mol. The summed E-state index contributed by atoms with van der Waals surface area (Å²) >= 11 is 0. The molecule has 0 saturated carbocycles. The van der Waals surface area contributed by atoms with E-state index in [0.29, 0.717) is 11.5 Å². The van der Waals surface area contributed by atoms with Crippen molar-refractivity contribution < 1.29 is 46.3 Å². The summed E-state index contributed by atoms with van der Waals surface area (Å²) in [6.07, 6.45) is 0. The predicted octanol–water partition coefficient (Wildman–Crippen LogP) is 2.78. The summed E-state index contributed by atoms with van der Waals surface area (Å²) < 4.78 is 9.71. The maximum Gasteiger partial charge on any atom is 0.335 e. The van der Waals surface area contributed by atoms with Crippen LogP contribution in [0.4, 0.5) is 0 Å². The van der Waals surface area contributed by atoms with E-state index in [4.69, 9.17) is 19.7 Å². The largest absolute Gasteiger partial charge is 0.497 e. The molecule has 2 aromatic rings. The molecule has 7 heteroatoms. The Balaban J connectivity index is 0.000000403. The van der Waals surface area contributed by atoms with Gasteiger partial charge in [-0.05, 0) is 48.5 Å². The summed E-state index contributed by atoms with van der Waals surface area (Å²) in [6.45, 7) is 0. The van der Waals surface area contributed by atoms with Crippen LogP contribution in [0.25, 0.3) is 0 Å². The van der Waals surface area contributed by atoms with Gasteiger partial charge in [0.2, 0.25) is 0 Å². The standard InChI is InChI=1S/2C8H8O3.Cu/c2*1-11-7-4-2-6(3-5-7)8(9)10;/h2*2-5H,1H3,(H,9,10);. The molecule has 0 bridgehead atoms. The molecular weight excluding hydrogens is 352 g/mol. The second-order valence-electron chi connectivity index (χ2n) is 4.07. The predicted molar refractivity (Wildman–Crippen MR) is 79.9 cm³/mol. The zero-order valence-corrected chi connectivity index (χ0v) is 13.4. The second-order valence-corrected chi connectivity index (χ2v) is 4.07. The maximum absolute atomic E-state index is 10.4. The minimum absolute atomic E-state index is 0. The minimum Gasteiger partial charge on any atom is -0.497 e. The van der Waals surface area contributed by atoms with E-state index in [0.717, 1.165) is 0 Å². The normalized spacial score (nSPS) is 8.78. The topological polar surface area (TPSA) is 93.1 Å². The average molecular weight is 368 g/mol. The molecule has 127 valence electrons. The zero-order chi connectivity index (χ0) is 16.5. The number of aromatic carboxylic acids is 2. The van der Waals surface area contributed by atoms with Gasteiger partial charge in [0.15, 0.2) is 0 Å². The minimum atomic E-state index is -0.923. The molecule has 0 aromatic heterocycles. The molecule has 0 aliphatic carbocycles. The number of ether oxygens (including phenoxy) is 2. The van der Waals surface area contributed by atoms with E-state index in [1.165, 1.54) is 38.5 Å². The molecule has 0 spiro atoms. The molecule has 6 nitrogen and oxygen atoms in total. The molecule has 0 aliphatic rings. The van der Waals surface area contributed by atoms with Crippen LogP contribution in [0.15, 0.2) is 48.5 Å². The van der Waals surface area contributed by atoms with Crippen LogP contribution in [0, 0.1) is 0 Å². The molecule has 23 heavy (non-hydrogen) atoms. The molecular formula is C16H16CuO6. The van der Waals surface area contributed by atoms with Gasteiger partial charge in [-0.15, -0.1) is 0 Å². The molecule has 0 unspecified atom stereocenters. The van der Waals surface area contributed by atoms with Crippen molar-refractivity contribution in [3.8, 4) is 11.5 Å². The summed E-state index contributed by atoms with van der Waals surface area (Å²) in [7, 11) is 3.07. The zero-order valence-electron chi connectivity index (χ0n) is 12.4. The van der Waals surface area contributed by atoms with Crippen molar-refractivity contribution in [2.75, 3.05) is 14.2 Å². The molecule has 2 aromatic carbocycles. The van der Waals surface area contributed by atoms with Crippen LogP contribution in [0.3, 0.4) is 0 Å². The van der Waals surface area contributed by atoms with E-state index in [1.807, 2.05) is 0 Å². The molecule has 0 atom stereocenters. The fraction of sp³-hybridized carbons (Fsp3) is 0.125. The molecule has 0 saturated heterocycles. The Kier molecular flexibility index (Phi) is 9.15. The van der Waals surface area contributed by atoms with Gasteiger partial charge >= 0.3 is 11.9 Å². The van der Waals surface area contributed by atoms with E-state index in [-0.39, 0.29) is 28.2 Å². The van der Waals surface area contributed by atoms with Crippen molar-refractivity contribution in [3.63, 3.8) is 0 Å². The van der Waals surface area contributed by atoms with Crippen molar-refractivity contribution in [2.24, 2.45) is 0 Å². The second kappa shape index (κ2) is 10.3. The van der Waals surface area contributed by atoms with Crippen LogP contribution in [0.1, 0.15) is 20.7 Å². The molecule has 0 fully saturated rings. The summed E-state index contributed by atoms with van der Waals surface area (Å²) in [5, 5.41) is 17.0. The smallest absolute Gasteiger partial charge is 0.335 e. The quantitative estimate of drug-likeness (QED) is 0.807. The van der Waals surface area contributed by atoms with Gasteiger partial charge in [0, 0.05) is 17.1 Å². The van der Waals surface area contributed by atoms with Crippen molar-refractivity contribution in [2.45, 2.75) is 0 Å². The summed E-state index contributed by atoms with van der Waals surface area (Å²) in [6, 6.07) is 12.5. The molecule has 1 radical (unpaired) electrons. The van der Waals surface area contributed by atoms with Gasteiger partial charge in [0.1, 0.15) is 11.5 Å². The average Bonchev–Trinajstić information content (AvgIpc) is 2.55. The SMILES string of the molecule is COc1ccc(C(=O)O)cc1.COc1ccc(C(=O)O)cc1.[Cu]. The van der Waals surface area contributed by atoms with E-state index in [2.05, 4.69) is 0 Å². The van der Waals surface area contributed by atoms with Gasteiger partial charge in [-0.3, -0.25) is 0 Å². The third-order valence-corrected chi connectivity index (χ3v) is 2.67. The summed E-state index contributed by atoms with van der Waals surface area (Å²) in [5.41, 5.74) is 0.539. The van der Waals surface area contributed by atoms with E-state index >= 15 is 0 Å². The van der Waals surface area contributed by atoms with Crippen molar-refractivity contribution in [1.82, 2.24) is 0 Å². The molecule has 2 N–H and O–H groups in total. The van der Waals surface area contributed by atoms with Crippen LogP contribution in [-0.2, 0) is 17.1 Å². The third-order valence-electron chi connectivity index (χ3n) is 2.67. The van der Waals surface area contributed by atoms with Crippen LogP contribution in [0.2, 0.25) is 0 Å². The first-order valence-corrected chi connectivity index (χ1v) is 6.22. The Morgan fingerprint density at radius 1 is 0.696 bits per heavy atom. The van der Waals surface area contributed by atoms with Gasteiger partial charge in [-0.2, -0.15) is 0 Å². The number of carboxylic acids is 2. The first kappa shape index (κ1) is 20.5. The van der Waals surface area contributed by atoms with Crippen LogP contribution >= 0.6 is 0 Å². The van der Waals surface area contributed by atoms with Crippen molar-refractivity contribution in [3.05, 3.63) is 59.7 Å². The number of carbonyl (C=O) groups is 2. The van der Waals surface area contributed by atoms with Crippen LogP contribution in [0.5, 0.6) is 11.5 Å². The molecule has 0 aliphatic heterocycles. The molecule has 2 rings (SSSR count). The fourth-order valence-corrected chi connectivity index (χ4v) is 1.47. The third kappa shape index (κ3) is 6.86. The Labute approximate surface area is 144 Å². The Morgan fingerprint density at radius 2 is 0.957 bits per heavy atom. The first-order valence-electron chi connectivity index (χ1n) is 6.22. The number of benzene rings is 2. The van der Waals surface area contributed by atoms with E-state index in [1.54, 1.807) is 24.3 Å². The van der Waals surface area contributed by atoms with Gasteiger partial charge in [-0.25, -0.2) is 9.59 Å². The fourth-order valence-electron chi connectivity index (χ4n) is 1.47. The number of carboxylic acid groups (broad SMARTS) is 2. The van der Waals surface area contributed by atoms with Crippen LogP contribution < -0.4 is 9.47 Å². The van der Waals surface area contributed by atoms with Gasteiger partial charge in [0.25, 0.3) is 0 Å². The van der Waals surface area contributed by atoms with E-state index in [9.17, 15) is 9.59 Å². The summed E-state index contributed by atoms with van der Waals surface area (Å²) in [5.74, 6) is -0.523. The van der Waals surface area contributed by atoms with Crippen molar-refractivity contribution >= 4 is 11.9 Å². The van der Waals surface area contributed by atoms with Gasteiger partial charge in [-0.1, -0.05) is 0 Å². The Hall–Kier alpha value is -2.50. The number of rotatable bonds is 4.